The number of ether oxygens (including phenoxy) is 2. The van der Waals surface area contributed by atoms with Crippen LogP contribution in [0.5, 0.6) is 11.5 Å². The van der Waals surface area contributed by atoms with E-state index in [0.717, 1.165) is 23.5 Å². The topological polar surface area (TPSA) is 44.5 Å². The minimum atomic E-state index is 0.00933. The third-order valence-electron chi connectivity index (χ3n) is 3.44. The summed E-state index contributed by atoms with van der Waals surface area (Å²) in [4.78, 5) is 0. The highest BCUT2D eigenvalue weighted by molar-refractivity contribution is 5.52. The Morgan fingerprint density at radius 1 is 1.33 bits per heavy atom. The first-order chi connectivity index (χ1) is 8.32. The molecule has 3 heteroatoms. The number of nitrogens with two attached hydrogens (primary N) is 1. The predicted octanol–water partition coefficient (Wildman–Crippen LogP) is 3.16. The van der Waals surface area contributed by atoms with Gasteiger partial charge in [-0.2, -0.15) is 0 Å². The van der Waals surface area contributed by atoms with E-state index in [-0.39, 0.29) is 17.6 Å². The van der Waals surface area contributed by atoms with Gasteiger partial charge >= 0.3 is 0 Å². The first-order valence-corrected chi connectivity index (χ1v) is 6.47. The Morgan fingerprint density at radius 3 is 2.56 bits per heavy atom. The molecule has 1 aromatic carbocycles. The number of hydrogen-bond donors (Lipinski definition) is 1. The Bertz CT molecular complexity index is 449. The van der Waals surface area contributed by atoms with Crippen molar-refractivity contribution < 1.29 is 9.47 Å². The van der Waals surface area contributed by atoms with Gasteiger partial charge in [0.2, 0.25) is 0 Å². The van der Waals surface area contributed by atoms with Gasteiger partial charge < -0.3 is 15.2 Å². The van der Waals surface area contributed by atoms with E-state index in [2.05, 4.69) is 33.8 Å². The van der Waals surface area contributed by atoms with Crippen LogP contribution < -0.4 is 15.2 Å². The quantitative estimate of drug-likeness (QED) is 0.831. The van der Waals surface area contributed by atoms with Crippen molar-refractivity contribution >= 4 is 0 Å². The molecule has 0 saturated carbocycles. The molecule has 0 radical (unpaired) electrons. The van der Waals surface area contributed by atoms with Crippen molar-refractivity contribution in [1.82, 2.24) is 0 Å². The Labute approximate surface area is 109 Å². The summed E-state index contributed by atoms with van der Waals surface area (Å²) in [6, 6.07) is 4.09. The monoisotopic (exact) mass is 249 g/mol. The van der Waals surface area contributed by atoms with Crippen LogP contribution >= 0.6 is 0 Å². The smallest absolute Gasteiger partial charge is 0.128 e. The number of fused-ring (bicyclic) bond motifs is 1. The lowest BCUT2D eigenvalue weighted by molar-refractivity contribution is 0.172. The summed E-state index contributed by atoms with van der Waals surface area (Å²) in [6.45, 7) is 8.60. The lowest BCUT2D eigenvalue weighted by atomic mass is 9.82. The first-order valence-electron chi connectivity index (χ1n) is 6.47. The molecule has 3 nitrogen and oxygen atoms in total. The summed E-state index contributed by atoms with van der Waals surface area (Å²) in [5.41, 5.74) is 8.48. The van der Waals surface area contributed by atoms with Gasteiger partial charge in [-0.05, 0) is 24.5 Å². The van der Waals surface area contributed by atoms with Crippen LogP contribution in [0.1, 0.15) is 51.3 Å². The molecule has 1 heterocycles. The maximum atomic E-state index is 6.24. The zero-order valence-corrected chi connectivity index (χ0v) is 11.9. The van der Waals surface area contributed by atoms with Crippen LogP contribution in [0.2, 0.25) is 0 Å². The average Bonchev–Trinajstić information content (AvgIpc) is 2.26. The second-order valence-electron chi connectivity index (χ2n) is 6.11. The Kier molecular flexibility index (Phi) is 3.28. The van der Waals surface area contributed by atoms with Crippen molar-refractivity contribution in [3.63, 3.8) is 0 Å². The zero-order valence-electron chi connectivity index (χ0n) is 11.9. The molecule has 0 amide bonds. The molecule has 0 saturated heterocycles. The fourth-order valence-electron chi connectivity index (χ4n) is 2.44. The van der Waals surface area contributed by atoms with Gasteiger partial charge in [-0.3, -0.25) is 0 Å². The molecule has 2 unspecified atom stereocenters. The molecule has 0 bridgehead atoms. The van der Waals surface area contributed by atoms with Crippen molar-refractivity contribution in [2.75, 3.05) is 7.11 Å². The molecular weight excluding hydrogens is 226 g/mol. The number of rotatable bonds is 1. The van der Waals surface area contributed by atoms with Crippen molar-refractivity contribution in [1.29, 1.82) is 0 Å². The van der Waals surface area contributed by atoms with E-state index in [4.69, 9.17) is 15.2 Å². The Hall–Kier alpha value is -1.22. The van der Waals surface area contributed by atoms with E-state index in [0.29, 0.717) is 0 Å². The summed E-state index contributed by atoms with van der Waals surface area (Å²) in [7, 11) is 1.69. The third-order valence-corrected chi connectivity index (χ3v) is 3.44. The summed E-state index contributed by atoms with van der Waals surface area (Å²) >= 11 is 0. The lowest BCUT2D eigenvalue weighted by Gasteiger charge is -2.33. The highest BCUT2D eigenvalue weighted by Crippen LogP contribution is 2.43. The molecular formula is C15H23NO2. The molecule has 100 valence electrons. The summed E-state index contributed by atoms with van der Waals surface area (Å²) in [5.74, 6) is 1.81. The summed E-state index contributed by atoms with van der Waals surface area (Å²) in [6.07, 6.45) is 1.02. The highest BCUT2D eigenvalue weighted by atomic mass is 16.5. The minimum Gasteiger partial charge on any atom is -0.497 e. The number of hydrogen-bond acceptors (Lipinski definition) is 3. The van der Waals surface area contributed by atoms with Crippen molar-refractivity contribution in [3.8, 4) is 11.5 Å². The normalized spacial score (nSPS) is 23.2. The number of methoxy groups -OCH3 is 1. The van der Waals surface area contributed by atoms with Gasteiger partial charge in [-0.1, -0.05) is 20.8 Å². The lowest BCUT2D eigenvalue weighted by Crippen LogP contribution is -2.29. The maximum Gasteiger partial charge on any atom is 0.128 e. The highest BCUT2D eigenvalue weighted by Gasteiger charge is 2.30. The van der Waals surface area contributed by atoms with E-state index >= 15 is 0 Å². The molecule has 1 aromatic rings. The van der Waals surface area contributed by atoms with Crippen LogP contribution in [0.3, 0.4) is 0 Å². The SMILES string of the molecule is COc1cc2c(c(C(C)(C)C)c1)OC(C)CC2N. The van der Waals surface area contributed by atoms with E-state index in [1.165, 1.54) is 5.56 Å². The van der Waals surface area contributed by atoms with Gasteiger partial charge in [0.1, 0.15) is 11.5 Å². The second-order valence-corrected chi connectivity index (χ2v) is 6.11. The summed E-state index contributed by atoms with van der Waals surface area (Å²) in [5, 5.41) is 0. The van der Waals surface area contributed by atoms with Gasteiger partial charge in [-0.15, -0.1) is 0 Å². The van der Waals surface area contributed by atoms with Gasteiger partial charge in [0.05, 0.1) is 13.2 Å². The van der Waals surface area contributed by atoms with E-state index in [1.807, 2.05) is 6.07 Å². The Balaban J connectivity index is 2.62. The van der Waals surface area contributed by atoms with Crippen molar-refractivity contribution in [2.45, 2.75) is 51.7 Å². The van der Waals surface area contributed by atoms with Gasteiger partial charge in [0, 0.05) is 23.6 Å². The number of benzene rings is 1. The van der Waals surface area contributed by atoms with Crippen LogP contribution in [0, 0.1) is 0 Å². The van der Waals surface area contributed by atoms with Crippen LogP contribution in [0.4, 0.5) is 0 Å². The molecule has 18 heavy (non-hydrogen) atoms. The molecule has 0 aromatic heterocycles. The average molecular weight is 249 g/mol. The molecule has 0 aliphatic carbocycles. The predicted molar refractivity (Wildman–Crippen MR) is 73.3 cm³/mol. The molecule has 1 aliphatic rings. The second kappa shape index (κ2) is 4.47. The standard InChI is InChI=1S/C15H23NO2/c1-9-6-13(16)11-7-10(17-5)8-12(14(11)18-9)15(2,3)4/h7-9,13H,6,16H2,1-5H3. The fourth-order valence-corrected chi connectivity index (χ4v) is 2.44. The van der Waals surface area contributed by atoms with Crippen LogP contribution in [-0.4, -0.2) is 13.2 Å². The van der Waals surface area contributed by atoms with Crippen LogP contribution in [0.15, 0.2) is 12.1 Å². The van der Waals surface area contributed by atoms with Gasteiger partial charge in [-0.25, -0.2) is 0 Å². The Morgan fingerprint density at radius 2 is 2.00 bits per heavy atom. The molecule has 0 spiro atoms. The van der Waals surface area contributed by atoms with Crippen LogP contribution in [0.25, 0.3) is 0 Å². The summed E-state index contributed by atoms with van der Waals surface area (Å²) < 4.78 is 11.4. The van der Waals surface area contributed by atoms with Gasteiger partial charge in [0.25, 0.3) is 0 Å². The largest absolute Gasteiger partial charge is 0.497 e. The first kappa shape index (κ1) is 13.2. The third kappa shape index (κ3) is 2.32. The molecule has 0 fully saturated rings. The molecule has 2 N–H and O–H groups in total. The minimum absolute atomic E-state index is 0.00933. The molecule has 2 atom stereocenters. The van der Waals surface area contributed by atoms with E-state index in [9.17, 15) is 0 Å². The van der Waals surface area contributed by atoms with Crippen molar-refractivity contribution in [3.05, 3.63) is 23.3 Å². The van der Waals surface area contributed by atoms with Crippen LogP contribution in [-0.2, 0) is 5.41 Å². The molecule has 1 aliphatic heterocycles. The van der Waals surface area contributed by atoms with Crippen molar-refractivity contribution in [2.24, 2.45) is 5.73 Å². The fraction of sp³-hybridized carbons (Fsp3) is 0.600. The van der Waals surface area contributed by atoms with Gasteiger partial charge in [0.15, 0.2) is 0 Å². The molecule has 2 rings (SSSR count). The van der Waals surface area contributed by atoms with E-state index in [1.54, 1.807) is 7.11 Å². The van der Waals surface area contributed by atoms with E-state index < -0.39 is 0 Å². The zero-order chi connectivity index (χ0) is 13.5. The maximum absolute atomic E-state index is 6.24.